The molecule has 3 aromatic heterocycles. The molecule has 0 fully saturated rings. The van der Waals surface area contributed by atoms with Crippen molar-refractivity contribution in [2.45, 2.75) is 43.0 Å². The van der Waals surface area contributed by atoms with Gasteiger partial charge in [0.15, 0.2) is 0 Å². The van der Waals surface area contributed by atoms with E-state index in [0.29, 0.717) is 17.7 Å². The molecule has 30 heavy (non-hydrogen) atoms. The Hall–Kier alpha value is -3.26. The summed E-state index contributed by atoms with van der Waals surface area (Å²) in [6.45, 7) is 5.77. The maximum atomic E-state index is 13.4. The highest BCUT2D eigenvalue weighted by Gasteiger charge is 2.30. The van der Waals surface area contributed by atoms with Crippen LogP contribution in [0.1, 0.15) is 31.9 Å². The fraction of sp³-hybridized carbons (Fsp3) is 0.227. The molecule has 4 rings (SSSR count). The highest BCUT2D eigenvalue weighted by molar-refractivity contribution is 7.91. The lowest BCUT2D eigenvalue weighted by atomic mass is 10.2. The van der Waals surface area contributed by atoms with Crippen LogP contribution in [0, 0.1) is 6.92 Å². The van der Waals surface area contributed by atoms with Crippen LogP contribution >= 0.6 is 0 Å². The summed E-state index contributed by atoms with van der Waals surface area (Å²) in [4.78, 5) is 18.0. The van der Waals surface area contributed by atoms with Gasteiger partial charge in [-0.25, -0.2) is 13.0 Å². The largest absolute Gasteiger partial charge is 0.317 e. The first-order valence-electron chi connectivity index (χ1n) is 9.72. The van der Waals surface area contributed by atoms with Gasteiger partial charge in [-0.1, -0.05) is 36.2 Å². The van der Waals surface area contributed by atoms with Crippen LogP contribution in [0.2, 0.25) is 0 Å². The number of hydrogen-bond donors (Lipinski definition) is 1. The number of anilines is 1. The van der Waals surface area contributed by atoms with Crippen molar-refractivity contribution >= 4 is 32.3 Å². The Labute approximate surface area is 174 Å². The van der Waals surface area contributed by atoms with Gasteiger partial charge in [-0.2, -0.15) is 0 Å². The van der Waals surface area contributed by atoms with Crippen molar-refractivity contribution in [2.75, 3.05) is 5.73 Å². The highest BCUT2D eigenvalue weighted by atomic mass is 32.2. The number of rotatable bonds is 4. The minimum atomic E-state index is -3.93. The van der Waals surface area contributed by atoms with E-state index >= 15 is 0 Å². The maximum absolute atomic E-state index is 13.4. The Balaban J connectivity index is 2.18. The lowest BCUT2D eigenvalue weighted by molar-refractivity contribution is -0.684. The second-order valence-corrected chi connectivity index (χ2v) is 9.34. The molecule has 0 saturated carbocycles. The Morgan fingerprint density at radius 2 is 1.87 bits per heavy atom. The number of hydrogen-bond acceptors (Lipinski definition) is 5. The van der Waals surface area contributed by atoms with Gasteiger partial charge in [0, 0.05) is 6.20 Å². The van der Waals surface area contributed by atoms with Crippen molar-refractivity contribution in [3.63, 3.8) is 0 Å². The van der Waals surface area contributed by atoms with Crippen LogP contribution in [0.15, 0.2) is 69.3 Å². The molecule has 0 aliphatic carbocycles. The van der Waals surface area contributed by atoms with Crippen molar-refractivity contribution in [1.82, 2.24) is 9.38 Å². The molecular formula is C22H23N4O3S+. The monoisotopic (exact) mass is 423 g/mol. The number of nitrogens with two attached hydrogens (primary N) is 1. The summed E-state index contributed by atoms with van der Waals surface area (Å²) in [6.07, 6.45) is 2.38. The number of pyridine rings is 2. The van der Waals surface area contributed by atoms with E-state index in [-0.39, 0.29) is 32.6 Å². The summed E-state index contributed by atoms with van der Waals surface area (Å²) in [5, 5.41) is 0.210. The first-order valence-corrected chi connectivity index (χ1v) is 11.2. The molecule has 1 aromatic carbocycles. The molecule has 7 nitrogen and oxygen atoms in total. The number of nitrogens with zero attached hydrogens (tertiary/aromatic N) is 3. The normalized spacial score (nSPS) is 13.0. The number of nitrogen functional groups attached to an aromatic ring is 1. The Morgan fingerprint density at radius 1 is 1.17 bits per heavy atom. The van der Waals surface area contributed by atoms with Gasteiger partial charge in [0.1, 0.15) is 10.3 Å². The molecule has 0 aliphatic rings. The zero-order chi connectivity index (χ0) is 21.6. The molecule has 0 amide bonds. The standard InChI is InChI=1S/C22H22N4O3S/c1-4-15(3)26-20(23)18(30(28,29)16-8-6-5-7-9-16)12-17-21(26)24-19-11-10-14(2)13-25(19)22(17)27/h5-13,15,23H,4H2,1-3H3/p+1/t15-/m0/s1. The topological polar surface area (TPSA) is 98.4 Å². The first-order chi connectivity index (χ1) is 14.3. The van der Waals surface area contributed by atoms with Crippen LogP contribution in [0.3, 0.4) is 0 Å². The minimum absolute atomic E-state index is 0.0732. The molecular weight excluding hydrogens is 400 g/mol. The van der Waals surface area contributed by atoms with E-state index in [9.17, 15) is 13.2 Å². The number of aryl methyl sites for hydroxylation is 1. The number of aromatic nitrogens is 3. The third-order valence-corrected chi connectivity index (χ3v) is 7.17. The Morgan fingerprint density at radius 3 is 2.53 bits per heavy atom. The lowest BCUT2D eigenvalue weighted by Crippen LogP contribution is -2.44. The van der Waals surface area contributed by atoms with Gasteiger partial charge in [-0.3, -0.25) is 9.20 Å². The maximum Gasteiger partial charge on any atom is 0.278 e. The fourth-order valence-electron chi connectivity index (χ4n) is 3.57. The van der Waals surface area contributed by atoms with Crippen LogP contribution < -0.4 is 15.9 Å². The average molecular weight is 424 g/mol. The first kappa shape index (κ1) is 20.0. The van der Waals surface area contributed by atoms with Crippen LogP contribution in [0.4, 0.5) is 5.82 Å². The van der Waals surface area contributed by atoms with Crippen LogP contribution in [-0.4, -0.2) is 17.8 Å². The smallest absolute Gasteiger partial charge is 0.278 e. The zero-order valence-corrected chi connectivity index (χ0v) is 17.8. The molecule has 154 valence electrons. The van der Waals surface area contributed by atoms with Crippen LogP contribution in [0.25, 0.3) is 16.7 Å². The molecule has 0 radical (unpaired) electrons. The molecule has 0 saturated heterocycles. The van der Waals surface area contributed by atoms with E-state index in [4.69, 9.17) is 5.73 Å². The molecule has 1 atom stereocenters. The van der Waals surface area contributed by atoms with E-state index in [1.165, 1.54) is 22.6 Å². The SMILES string of the molecule is CC[C@H](C)[n+]1c(N)c(S(=O)(=O)c2ccccc2)cc2c(=O)n3cc(C)ccc3nc21. The van der Waals surface area contributed by atoms with E-state index < -0.39 is 9.84 Å². The second kappa shape index (κ2) is 7.21. The quantitative estimate of drug-likeness (QED) is 0.402. The lowest BCUT2D eigenvalue weighted by Gasteiger charge is -2.16. The summed E-state index contributed by atoms with van der Waals surface area (Å²) in [7, 11) is -3.93. The van der Waals surface area contributed by atoms with E-state index in [1.807, 2.05) is 26.8 Å². The van der Waals surface area contributed by atoms with E-state index in [1.54, 1.807) is 35.0 Å². The second-order valence-electron chi connectivity index (χ2n) is 7.43. The molecule has 8 heteroatoms. The summed E-state index contributed by atoms with van der Waals surface area (Å²) < 4.78 is 29.8. The highest BCUT2D eigenvalue weighted by Crippen LogP contribution is 2.27. The van der Waals surface area contributed by atoms with Crippen LogP contribution in [0.5, 0.6) is 0 Å². The van der Waals surface area contributed by atoms with Gasteiger partial charge < -0.3 is 5.73 Å². The van der Waals surface area contributed by atoms with Crippen molar-refractivity contribution in [3.8, 4) is 0 Å². The van der Waals surface area contributed by atoms with Gasteiger partial charge >= 0.3 is 0 Å². The van der Waals surface area contributed by atoms with Gasteiger partial charge in [0.05, 0.1) is 10.9 Å². The van der Waals surface area contributed by atoms with Crippen molar-refractivity contribution in [1.29, 1.82) is 0 Å². The average Bonchev–Trinajstić information content (AvgIpc) is 2.74. The molecule has 0 spiro atoms. The number of fused-ring (bicyclic) bond motifs is 2. The molecule has 4 aromatic rings. The van der Waals surface area contributed by atoms with Gasteiger partial charge in [-0.15, -0.1) is 0 Å². The molecule has 0 bridgehead atoms. The van der Waals surface area contributed by atoms with Gasteiger partial charge in [0.2, 0.25) is 21.3 Å². The molecule has 0 unspecified atom stereocenters. The molecule has 2 N–H and O–H groups in total. The van der Waals surface area contributed by atoms with Crippen molar-refractivity contribution < 1.29 is 13.0 Å². The number of sulfone groups is 1. The van der Waals surface area contributed by atoms with Gasteiger partial charge in [-0.05, 0) is 50.1 Å². The van der Waals surface area contributed by atoms with Gasteiger partial charge in [0.25, 0.3) is 11.2 Å². The molecule has 3 heterocycles. The summed E-state index contributed by atoms with van der Waals surface area (Å²) >= 11 is 0. The summed E-state index contributed by atoms with van der Waals surface area (Å²) in [5.74, 6) is 0.0732. The van der Waals surface area contributed by atoms with Crippen molar-refractivity contribution in [3.05, 3.63) is 70.6 Å². The van der Waals surface area contributed by atoms with Crippen LogP contribution in [-0.2, 0) is 9.84 Å². The fourth-order valence-corrected chi connectivity index (χ4v) is 4.98. The number of benzene rings is 1. The predicted octanol–water partition coefficient (Wildman–Crippen LogP) is 2.83. The summed E-state index contributed by atoms with van der Waals surface area (Å²) in [6, 6.07) is 12.9. The van der Waals surface area contributed by atoms with E-state index in [0.717, 1.165) is 5.56 Å². The summed E-state index contributed by atoms with van der Waals surface area (Å²) in [5.41, 5.74) is 7.82. The Kier molecular flexibility index (Phi) is 4.82. The third-order valence-electron chi connectivity index (χ3n) is 5.38. The predicted molar refractivity (Wildman–Crippen MR) is 115 cm³/mol. The third kappa shape index (κ3) is 3.04. The Bertz CT molecular complexity index is 1440. The molecule has 0 aliphatic heterocycles. The van der Waals surface area contributed by atoms with Crippen molar-refractivity contribution in [2.24, 2.45) is 0 Å². The van der Waals surface area contributed by atoms with E-state index in [2.05, 4.69) is 4.98 Å². The minimum Gasteiger partial charge on any atom is -0.317 e. The zero-order valence-electron chi connectivity index (χ0n) is 17.0.